The highest BCUT2D eigenvalue weighted by Crippen LogP contribution is 2.39. The van der Waals surface area contributed by atoms with E-state index in [-0.39, 0.29) is 29.0 Å². The molecule has 3 heterocycles. The molecule has 8 nitrogen and oxygen atoms in total. The summed E-state index contributed by atoms with van der Waals surface area (Å²) in [6.45, 7) is 3.60. The highest BCUT2D eigenvalue weighted by molar-refractivity contribution is 7.90. The third-order valence-corrected chi connectivity index (χ3v) is 8.79. The van der Waals surface area contributed by atoms with Crippen molar-refractivity contribution in [1.29, 1.82) is 0 Å². The SMILES string of the molecule is CCOC(=O)CCc1c(C2CNC2)n(-c2ccc(F)cc2)c2cc3cnn(S(=O)(=O)c4ccccc4)c3cc12. The average Bonchev–Trinajstić information content (AvgIpc) is 3.45. The molecule has 1 aliphatic heterocycles. The van der Waals surface area contributed by atoms with Crippen LogP contribution in [-0.2, 0) is 26.0 Å². The zero-order valence-corrected chi connectivity index (χ0v) is 22.1. The highest BCUT2D eigenvalue weighted by Gasteiger charge is 2.30. The van der Waals surface area contributed by atoms with Gasteiger partial charge in [0.2, 0.25) is 0 Å². The van der Waals surface area contributed by atoms with Gasteiger partial charge in [0.15, 0.2) is 0 Å². The predicted molar refractivity (Wildman–Crippen MR) is 146 cm³/mol. The van der Waals surface area contributed by atoms with E-state index in [4.69, 9.17) is 4.74 Å². The van der Waals surface area contributed by atoms with Gasteiger partial charge in [0.1, 0.15) is 5.82 Å². The monoisotopic (exact) mass is 546 g/mol. The smallest absolute Gasteiger partial charge is 0.306 e. The van der Waals surface area contributed by atoms with Crippen LogP contribution < -0.4 is 5.32 Å². The van der Waals surface area contributed by atoms with Crippen LogP contribution in [0.4, 0.5) is 4.39 Å². The molecule has 0 bridgehead atoms. The second-order valence-electron chi connectivity index (χ2n) is 9.57. The van der Waals surface area contributed by atoms with E-state index in [0.717, 1.165) is 45.0 Å². The van der Waals surface area contributed by atoms with Crippen molar-refractivity contribution < 1.29 is 22.3 Å². The summed E-state index contributed by atoms with van der Waals surface area (Å²) in [4.78, 5) is 12.5. The number of esters is 1. The van der Waals surface area contributed by atoms with Crippen molar-refractivity contribution >= 4 is 37.8 Å². The summed E-state index contributed by atoms with van der Waals surface area (Å²) < 4.78 is 49.2. The summed E-state index contributed by atoms with van der Waals surface area (Å²) in [5.74, 6) is -0.456. The second-order valence-corrected chi connectivity index (χ2v) is 11.3. The standard InChI is InChI=1S/C29H27FN4O4S/c1-2-38-28(35)13-12-24-25-15-26-19(18-32-34(26)39(36,37)23-6-4-3-5-7-23)14-27(25)33(29(24)20-16-31-17-20)22-10-8-21(30)9-11-22/h3-11,14-15,18,20,31H,2,12-13,16-17H2,1H3. The van der Waals surface area contributed by atoms with E-state index in [1.807, 2.05) is 12.1 Å². The van der Waals surface area contributed by atoms with E-state index in [0.29, 0.717) is 23.9 Å². The Morgan fingerprint density at radius 3 is 2.49 bits per heavy atom. The topological polar surface area (TPSA) is 95.2 Å². The van der Waals surface area contributed by atoms with Crippen molar-refractivity contribution in [2.24, 2.45) is 0 Å². The molecule has 1 aliphatic rings. The van der Waals surface area contributed by atoms with Gasteiger partial charge in [-0.3, -0.25) is 4.79 Å². The van der Waals surface area contributed by atoms with E-state index in [9.17, 15) is 17.6 Å². The minimum absolute atomic E-state index is 0.141. The molecule has 0 aliphatic carbocycles. The summed E-state index contributed by atoms with van der Waals surface area (Å²) in [6, 6.07) is 18.2. The van der Waals surface area contributed by atoms with Gasteiger partial charge in [-0.2, -0.15) is 17.6 Å². The van der Waals surface area contributed by atoms with Crippen molar-refractivity contribution in [3.8, 4) is 5.69 Å². The first-order chi connectivity index (χ1) is 18.9. The van der Waals surface area contributed by atoms with E-state index < -0.39 is 10.0 Å². The third-order valence-electron chi connectivity index (χ3n) is 7.18. The number of halogens is 1. The maximum atomic E-state index is 13.9. The Morgan fingerprint density at radius 2 is 1.82 bits per heavy atom. The summed E-state index contributed by atoms with van der Waals surface area (Å²) in [5, 5.41) is 9.05. The number of rotatable bonds is 8. The molecular weight excluding hydrogens is 519 g/mol. The molecule has 5 aromatic rings. The number of hydrogen-bond donors (Lipinski definition) is 1. The number of aromatic nitrogens is 3. The van der Waals surface area contributed by atoms with Crippen molar-refractivity contribution in [3.63, 3.8) is 0 Å². The van der Waals surface area contributed by atoms with Crippen molar-refractivity contribution in [2.75, 3.05) is 19.7 Å². The average molecular weight is 547 g/mol. The Labute approximate surface area is 225 Å². The number of aryl methyl sites for hydroxylation is 1. The molecule has 39 heavy (non-hydrogen) atoms. The van der Waals surface area contributed by atoms with E-state index >= 15 is 0 Å². The molecule has 2 aromatic heterocycles. The molecule has 1 fully saturated rings. The van der Waals surface area contributed by atoms with Gasteiger partial charge >= 0.3 is 5.97 Å². The van der Waals surface area contributed by atoms with Gasteiger partial charge in [-0.15, -0.1) is 0 Å². The van der Waals surface area contributed by atoms with Gasteiger partial charge in [-0.1, -0.05) is 18.2 Å². The van der Waals surface area contributed by atoms with Crippen LogP contribution in [0.25, 0.3) is 27.5 Å². The Balaban J connectivity index is 1.61. The largest absolute Gasteiger partial charge is 0.466 e. The first-order valence-corrected chi connectivity index (χ1v) is 14.3. The Bertz CT molecular complexity index is 1790. The van der Waals surface area contributed by atoms with Crippen molar-refractivity contribution in [1.82, 2.24) is 19.1 Å². The van der Waals surface area contributed by atoms with Crippen LogP contribution in [-0.4, -0.2) is 47.8 Å². The van der Waals surface area contributed by atoms with Crippen LogP contribution >= 0.6 is 0 Å². The lowest BCUT2D eigenvalue weighted by atomic mass is 9.92. The number of nitrogens with one attached hydrogen (secondary N) is 1. The van der Waals surface area contributed by atoms with Crippen LogP contribution in [0, 0.1) is 5.82 Å². The van der Waals surface area contributed by atoms with Gasteiger partial charge in [0, 0.05) is 47.6 Å². The summed E-state index contributed by atoms with van der Waals surface area (Å²) >= 11 is 0. The second kappa shape index (κ2) is 9.94. The minimum atomic E-state index is -3.93. The lowest BCUT2D eigenvalue weighted by Crippen LogP contribution is -2.41. The van der Waals surface area contributed by atoms with Gasteiger partial charge in [0.25, 0.3) is 10.0 Å². The molecule has 6 rings (SSSR count). The summed E-state index contributed by atoms with van der Waals surface area (Å²) in [5.41, 5.74) is 4.04. The number of carbonyl (C=O) groups is 1. The molecule has 200 valence electrons. The van der Waals surface area contributed by atoms with Gasteiger partial charge in [-0.05, 0) is 67.4 Å². The normalized spacial score (nSPS) is 14.1. The van der Waals surface area contributed by atoms with Gasteiger partial charge < -0.3 is 14.6 Å². The molecule has 3 aromatic carbocycles. The number of benzene rings is 3. The van der Waals surface area contributed by atoms with E-state index in [1.54, 1.807) is 55.6 Å². The van der Waals surface area contributed by atoms with Crippen LogP contribution in [0.15, 0.2) is 77.8 Å². The molecule has 1 N–H and O–H groups in total. The first kappa shape index (κ1) is 25.3. The maximum Gasteiger partial charge on any atom is 0.306 e. The molecular formula is C29H27FN4O4S. The molecule has 0 saturated carbocycles. The van der Waals surface area contributed by atoms with E-state index in [1.165, 1.54) is 12.1 Å². The maximum absolute atomic E-state index is 13.9. The lowest BCUT2D eigenvalue weighted by molar-refractivity contribution is -0.143. The highest BCUT2D eigenvalue weighted by atomic mass is 32.2. The number of carbonyl (C=O) groups excluding carboxylic acids is 1. The fourth-order valence-electron chi connectivity index (χ4n) is 5.25. The quantitative estimate of drug-likeness (QED) is 0.287. The molecule has 0 unspecified atom stereocenters. The Hall–Kier alpha value is -4.02. The fourth-order valence-corrected chi connectivity index (χ4v) is 6.54. The zero-order valence-electron chi connectivity index (χ0n) is 21.3. The molecule has 0 atom stereocenters. The third kappa shape index (κ3) is 4.39. The van der Waals surface area contributed by atoms with Gasteiger partial charge in [0.05, 0.1) is 28.7 Å². The van der Waals surface area contributed by atoms with Gasteiger partial charge in [-0.25, -0.2) is 4.39 Å². The van der Waals surface area contributed by atoms with Crippen molar-refractivity contribution in [2.45, 2.75) is 30.6 Å². The summed E-state index contributed by atoms with van der Waals surface area (Å²) in [7, 11) is -3.93. The number of fused-ring (bicyclic) bond motifs is 2. The first-order valence-electron chi connectivity index (χ1n) is 12.9. The number of nitrogens with zero attached hydrogens (tertiary/aromatic N) is 3. The molecule has 10 heteroatoms. The lowest BCUT2D eigenvalue weighted by Gasteiger charge is -2.30. The van der Waals surface area contributed by atoms with Crippen LogP contribution in [0.3, 0.4) is 0 Å². The van der Waals surface area contributed by atoms with Crippen LogP contribution in [0.2, 0.25) is 0 Å². The summed E-state index contributed by atoms with van der Waals surface area (Å²) in [6.07, 6.45) is 2.14. The molecule has 0 radical (unpaired) electrons. The van der Waals surface area contributed by atoms with E-state index in [2.05, 4.69) is 15.0 Å². The Kier molecular flexibility index (Phi) is 6.44. The molecule has 0 amide bonds. The van der Waals surface area contributed by atoms with Crippen LogP contribution in [0.5, 0.6) is 0 Å². The minimum Gasteiger partial charge on any atom is -0.466 e. The Morgan fingerprint density at radius 1 is 1.08 bits per heavy atom. The number of hydrogen-bond acceptors (Lipinski definition) is 6. The van der Waals surface area contributed by atoms with Crippen LogP contribution in [0.1, 0.15) is 30.5 Å². The van der Waals surface area contributed by atoms with Crippen molar-refractivity contribution in [3.05, 3.63) is 90.0 Å². The predicted octanol–water partition coefficient (Wildman–Crippen LogP) is 4.54. The number of ether oxygens (including phenoxy) is 1. The fraction of sp³-hybridized carbons (Fsp3) is 0.241. The molecule has 0 spiro atoms. The zero-order chi connectivity index (χ0) is 27.1. The molecule has 1 saturated heterocycles.